The molecule has 0 aromatic heterocycles. The molecular formula is C23H20N2O3. The van der Waals surface area contributed by atoms with Crippen LogP contribution in [-0.4, -0.2) is 25.3 Å². The molecule has 1 amide bonds. The van der Waals surface area contributed by atoms with E-state index in [2.05, 4.69) is 22.6 Å². The number of rotatable bonds is 6. The zero-order chi connectivity index (χ0) is 19.3. The summed E-state index contributed by atoms with van der Waals surface area (Å²) in [7, 11) is 1.61. The smallest absolute Gasteiger partial charge is 0.261 e. The Kier molecular flexibility index (Phi) is 5.06. The Morgan fingerprint density at radius 2 is 1.43 bits per heavy atom. The Balaban J connectivity index is 1.42. The average molecular weight is 372 g/mol. The van der Waals surface area contributed by atoms with Crippen LogP contribution >= 0.6 is 0 Å². The van der Waals surface area contributed by atoms with Crippen molar-refractivity contribution < 1.29 is 14.4 Å². The third-order valence-corrected chi connectivity index (χ3v) is 4.67. The van der Waals surface area contributed by atoms with Crippen molar-refractivity contribution in [1.29, 1.82) is 0 Å². The van der Waals surface area contributed by atoms with Gasteiger partial charge in [0.25, 0.3) is 5.91 Å². The highest BCUT2D eigenvalue weighted by Crippen LogP contribution is 2.36. The minimum absolute atomic E-state index is 0.150. The van der Waals surface area contributed by atoms with Gasteiger partial charge in [0.2, 0.25) is 0 Å². The maximum absolute atomic E-state index is 12.1. The van der Waals surface area contributed by atoms with Gasteiger partial charge in [0.1, 0.15) is 11.5 Å². The Morgan fingerprint density at radius 1 is 0.857 bits per heavy atom. The highest BCUT2D eigenvalue weighted by molar-refractivity contribution is 6.24. The molecule has 3 aromatic carbocycles. The van der Waals surface area contributed by atoms with E-state index in [1.807, 2.05) is 60.7 Å². The van der Waals surface area contributed by atoms with Crippen LogP contribution in [0.2, 0.25) is 0 Å². The van der Waals surface area contributed by atoms with Gasteiger partial charge in [-0.05, 0) is 17.2 Å². The second-order valence-corrected chi connectivity index (χ2v) is 6.39. The lowest BCUT2D eigenvalue weighted by molar-refractivity contribution is -0.125. The molecule has 3 aromatic rings. The van der Waals surface area contributed by atoms with Crippen molar-refractivity contribution in [2.75, 3.05) is 13.7 Å². The zero-order valence-corrected chi connectivity index (χ0v) is 15.5. The van der Waals surface area contributed by atoms with E-state index in [-0.39, 0.29) is 12.5 Å². The summed E-state index contributed by atoms with van der Waals surface area (Å²) in [4.78, 5) is 17.5. The molecule has 0 radical (unpaired) electrons. The number of benzene rings is 3. The monoisotopic (exact) mass is 372 g/mol. The first-order valence-electron chi connectivity index (χ1n) is 9.05. The molecule has 5 heteroatoms. The fourth-order valence-electron chi connectivity index (χ4n) is 3.34. The van der Waals surface area contributed by atoms with E-state index in [1.165, 1.54) is 0 Å². The van der Waals surface area contributed by atoms with Crippen LogP contribution in [0.1, 0.15) is 16.7 Å². The number of oxime groups is 1. The first-order chi connectivity index (χ1) is 13.8. The number of nitrogens with zero attached hydrogens (tertiary/aromatic N) is 1. The third kappa shape index (κ3) is 3.47. The van der Waals surface area contributed by atoms with Crippen molar-refractivity contribution in [2.45, 2.75) is 6.54 Å². The number of nitrogens with one attached hydrogen (secondary N) is 1. The van der Waals surface area contributed by atoms with Gasteiger partial charge < -0.3 is 14.9 Å². The van der Waals surface area contributed by atoms with Crippen molar-refractivity contribution in [3.05, 3.63) is 89.5 Å². The molecule has 28 heavy (non-hydrogen) atoms. The van der Waals surface area contributed by atoms with E-state index in [1.54, 1.807) is 7.11 Å². The van der Waals surface area contributed by atoms with Crippen LogP contribution in [0.15, 0.2) is 78.0 Å². The Labute approximate surface area is 163 Å². The summed E-state index contributed by atoms with van der Waals surface area (Å²) in [5, 5.41) is 7.09. The minimum Gasteiger partial charge on any atom is -0.496 e. The molecule has 1 N–H and O–H groups in total. The molecule has 1 aliphatic carbocycles. The van der Waals surface area contributed by atoms with E-state index in [0.29, 0.717) is 6.54 Å². The quantitative estimate of drug-likeness (QED) is 0.524. The number of amides is 1. The van der Waals surface area contributed by atoms with Crippen LogP contribution in [0, 0.1) is 0 Å². The molecule has 0 spiro atoms. The van der Waals surface area contributed by atoms with Crippen LogP contribution in [0.25, 0.3) is 11.1 Å². The highest BCUT2D eigenvalue weighted by atomic mass is 16.6. The zero-order valence-electron chi connectivity index (χ0n) is 15.5. The van der Waals surface area contributed by atoms with Crippen LogP contribution in [-0.2, 0) is 16.2 Å². The fourth-order valence-corrected chi connectivity index (χ4v) is 3.34. The van der Waals surface area contributed by atoms with E-state index in [4.69, 9.17) is 9.57 Å². The molecule has 0 saturated carbocycles. The molecule has 1 aliphatic rings. The normalized spacial score (nSPS) is 11.4. The molecule has 5 nitrogen and oxygen atoms in total. The van der Waals surface area contributed by atoms with Crippen molar-refractivity contribution in [3.8, 4) is 16.9 Å². The first-order valence-corrected chi connectivity index (χ1v) is 9.05. The third-order valence-electron chi connectivity index (χ3n) is 4.67. The maximum Gasteiger partial charge on any atom is 0.261 e. The second-order valence-electron chi connectivity index (χ2n) is 6.39. The Morgan fingerprint density at radius 3 is 2.07 bits per heavy atom. The van der Waals surface area contributed by atoms with Gasteiger partial charge in [-0.1, -0.05) is 71.9 Å². The topological polar surface area (TPSA) is 59.9 Å². The van der Waals surface area contributed by atoms with Crippen molar-refractivity contribution in [1.82, 2.24) is 5.32 Å². The van der Waals surface area contributed by atoms with Gasteiger partial charge in [0, 0.05) is 23.2 Å². The second kappa shape index (κ2) is 7.96. The Bertz CT molecular complexity index is 996. The lowest BCUT2D eigenvalue weighted by Crippen LogP contribution is -2.26. The molecule has 140 valence electrons. The van der Waals surface area contributed by atoms with Crippen molar-refractivity contribution in [2.24, 2.45) is 5.16 Å². The molecule has 0 atom stereocenters. The summed E-state index contributed by atoms with van der Waals surface area (Å²) in [6.45, 7) is 0.220. The molecule has 0 heterocycles. The van der Waals surface area contributed by atoms with Crippen LogP contribution in [0.4, 0.5) is 0 Å². The van der Waals surface area contributed by atoms with Gasteiger partial charge in [0.15, 0.2) is 6.61 Å². The number of fused-ring (bicyclic) bond motifs is 3. The molecule has 4 rings (SSSR count). The maximum atomic E-state index is 12.1. The lowest BCUT2D eigenvalue weighted by Gasteiger charge is -2.09. The summed E-state index contributed by atoms with van der Waals surface area (Å²) in [6, 6.07) is 23.7. The molecular weight excluding hydrogens is 352 g/mol. The van der Waals surface area contributed by atoms with Crippen molar-refractivity contribution in [3.63, 3.8) is 0 Å². The van der Waals surface area contributed by atoms with E-state index in [9.17, 15) is 4.79 Å². The van der Waals surface area contributed by atoms with Gasteiger partial charge in [-0.3, -0.25) is 4.79 Å². The van der Waals surface area contributed by atoms with Gasteiger partial charge in [0.05, 0.1) is 7.11 Å². The number of carbonyl (C=O) groups is 1. The fraction of sp³-hybridized carbons (Fsp3) is 0.130. The predicted molar refractivity (Wildman–Crippen MR) is 108 cm³/mol. The summed E-state index contributed by atoms with van der Waals surface area (Å²) in [5.41, 5.74) is 5.94. The summed E-state index contributed by atoms with van der Waals surface area (Å²) < 4.78 is 5.29. The van der Waals surface area contributed by atoms with Gasteiger partial charge in [-0.25, -0.2) is 0 Å². The van der Waals surface area contributed by atoms with Crippen LogP contribution in [0.3, 0.4) is 0 Å². The highest BCUT2D eigenvalue weighted by Gasteiger charge is 2.24. The van der Waals surface area contributed by atoms with Gasteiger partial charge in [-0.2, -0.15) is 0 Å². The molecule has 0 aliphatic heterocycles. The predicted octanol–water partition coefficient (Wildman–Crippen LogP) is 3.76. The number of methoxy groups -OCH3 is 1. The molecule has 0 unspecified atom stereocenters. The average Bonchev–Trinajstić information content (AvgIpc) is 3.06. The number of hydrogen-bond donors (Lipinski definition) is 1. The summed E-state index contributed by atoms with van der Waals surface area (Å²) >= 11 is 0. The van der Waals surface area contributed by atoms with Gasteiger partial charge in [-0.15, -0.1) is 0 Å². The molecule has 0 fully saturated rings. The largest absolute Gasteiger partial charge is 0.496 e. The first kappa shape index (κ1) is 17.8. The summed E-state index contributed by atoms with van der Waals surface area (Å²) in [6.07, 6.45) is 0. The van der Waals surface area contributed by atoms with Crippen LogP contribution in [0.5, 0.6) is 5.75 Å². The Hall–Kier alpha value is -3.60. The standard InChI is InChI=1S/C23H20N2O3/c1-27-21-13-7-2-8-16(21)14-24-22(26)15-28-25-23-19-11-5-3-9-17(19)18-10-4-6-12-20(18)23/h2-13H,14-15H2,1H3,(H,24,26). The van der Waals surface area contributed by atoms with E-state index >= 15 is 0 Å². The lowest BCUT2D eigenvalue weighted by atomic mass is 10.1. The number of ether oxygens (including phenoxy) is 1. The van der Waals surface area contributed by atoms with E-state index in [0.717, 1.165) is 39.3 Å². The number of hydrogen-bond acceptors (Lipinski definition) is 4. The minimum atomic E-state index is -0.241. The van der Waals surface area contributed by atoms with E-state index < -0.39 is 0 Å². The van der Waals surface area contributed by atoms with Gasteiger partial charge >= 0.3 is 0 Å². The summed E-state index contributed by atoms with van der Waals surface area (Å²) in [5.74, 6) is 0.498. The number of para-hydroxylation sites is 1. The van der Waals surface area contributed by atoms with Crippen LogP contribution < -0.4 is 10.1 Å². The molecule has 0 saturated heterocycles. The SMILES string of the molecule is COc1ccccc1CNC(=O)CON=C1c2ccccc2-c2ccccc21. The number of carbonyl (C=O) groups excluding carboxylic acids is 1. The van der Waals surface area contributed by atoms with Crippen molar-refractivity contribution >= 4 is 11.6 Å². The molecule has 0 bridgehead atoms.